The molecule has 0 aliphatic heterocycles. The summed E-state index contributed by atoms with van der Waals surface area (Å²) >= 11 is 0. The summed E-state index contributed by atoms with van der Waals surface area (Å²) in [7, 11) is 0. The smallest absolute Gasteiger partial charge is 0.0625 e. The maximum atomic E-state index is 6.06. The Morgan fingerprint density at radius 2 is 2.12 bits per heavy atom. The molecule has 1 aliphatic rings. The fraction of sp³-hybridized carbons (Fsp3) is 0.786. The highest BCUT2D eigenvalue weighted by Crippen LogP contribution is 2.28. The summed E-state index contributed by atoms with van der Waals surface area (Å²) in [6, 6.07) is 3.11. The largest absolute Gasteiger partial charge is 0.327 e. The van der Waals surface area contributed by atoms with Crippen LogP contribution in [0.1, 0.15) is 57.7 Å². The van der Waals surface area contributed by atoms with Crippen LogP contribution in [0.5, 0.6) is 0 Å². The lowest BCUT2D eigenvalue weighted by molar-refractivity contribution is 0.447. The van der Waals surface area contributed by atoms with Crippen LogP contribution in [-0.4, -0.2) is 15.8 Å². The van der Waals surface area contributed by atoms with E-state index in [-0.39, 0.29) is 0 Å². The van der Waals surface area contributed by atoms with Crippen molar-refractivity contribution in [2.75, 3.05) is 0 Å². The van der Waals surface area contributed by atoms with Crippen LogP contribution in [0.3, 0.4) is 0 Å². The molecule has 0 saturated heterocycles. The molecule has 0 amide bonds. The third kappa shape index (κ3) is 3.32. The molecule has 0 spiro atoms. The number of aromatic nitrogens is 2. The molecule has 1 aromatic heterocycles. The van der Waals surface area contributed by atoms with Gasteiger partial charge in [0, 0.05) is 12.2 Å². The van der Waals surface area contributed by atoms with Gasteiger partial charge in [0.15, 0.2) is 0 Å². The summed E-state index contributed by atoms with van der Waals surface area (Å²) in [5.41, 5.74) is 7.26. The Balaban J connectivity index is 1.85. The fourth-order valence-electron chi connectivity index (χ4n) is 2.53. The molecule has 1 atom stereocenters. The standard InChI is InChI=1S/C14H25N3/c1-11(2)14(15)8-7-12-9-10-17(16-12)13-5-3-4-6-13/h9-11,13-14H,3-8,15H2,1-2H3. The summed E-state index contributed by atoms with van der Waals surface area (Å²) in [5.74, 6) is 0.562. The highest BCUT2D eigenvalue weighted by molar-refractivity contribution is 5.01. The van der Waals surface area contributed by atoms with Crippen molar-refractivity contribution in [1.29, 1.82) is 0 Å². The SMILES string of the molecule is CC(C)C(N)CCc1ccn(C2CCCC2)n1. The van der Waals surface area contributed by atoms with Gasteiger partial charge in [0.25, 0.3) is 0 Å². The first-order chi connectivity index (χ1) is 8.16. The number of nitrogens with zero attached hydrogens (tertiary/aromatic N) is 2. The average molecular weight is 235 g/mol. The van der Waals surface area contributed by atoms with E-state index in [1.54, 1.807) is 0 Å². The first-order valence-electron chi connectivity index (χ1n) is 6.96. The average Bonchev–Trinajstić information content (AvgIpc) is 2.95. The molecule has 1 unspecified atom stereocenters. The Morgan fingerprint density at radius 1 is 1.41 bits per heavy atom. The Labute approximate surface area is 104 Å². The van der Waals surface area contributed by atoms with Gasteiger partial charge in [0.2, 0.25) is 0 Å². The quantitative estimate of drug-likeness (QED) is 0.852. The Morgan fingerprint density at radius 3 is 2.76 bits per heavy atom. The Bertz CT molecular complexity index is 337. The maximum Gasteiger partial charge on any atom is 0.0625 e. The van der Waals surface area contributed by atoms with E-state index >= 15 is 0 Å². The van der Waals surface area contributed by atoms with E-state index in [0.29, 0.717) is 18.0 Å². The second kappa shape index (κ2) is 5.67. The minimum atomic E-state index is 0.298. The Hall–Kier alpha value is -0.830. The van der Waals surface area contributed by atoms with Gasteiger partial charge in [0.05, 0.1) is 11.7 Å². The molecular formula is C14H25N3. The van der Waals surface area contributed by atoms with E-state index in [2.05, 4.69) is 35.9 Å². The summed E-state index contributed by atoms with van der Waals surface area (Å²) < 4.78 is 2.17. The Kier molecular flexibility index (Phi) is 4.21. The molecule has 2 rings (SSSR count). The first kappa shape index (κ1) is 12.6. The summed E-state index contributed by atoms with van der Waals surface area (Å²) in [6.45, 7) is 4.36. The number of rotatable bonds is 5. The van der Waals surface area contributed by atoms with Gasteiger partial charge in [-0.05, 0) is 37.7 Å². The van der Waals surface area contributed by atoms with Gasteiger partial charge in [-0.25, -0.2) is 0 Å². The van der Waals surface area contributed by atoms with Crippen LogP contribution in [0, 0.1) is 5.92 Å². The topological polar surface area (TPSA) is 43.8 Å². The number of aryl methyl sites for hydroxylation is 1. The van der Waals surface area contributed by atoms with E-state index in [9.17, 15) is 0 Å². The lowest BCUT2D eigenvalue weighted by Gasteiger charge is -2.14. The van der Waals surface area contributed by atoms with Crippen molar-refractivity contribution in [2.24, 2.45) is 11.7 Å². The number of nitrogens with two attached hydrogens (primary N) is 1. The molecule has 0 radical (unpaired) electrons. The predicted octanol–water partition coefficient (Wildman–Crippen LogP) is 2.91. The molecule has 3 nitrogen and oxygen atoms in total. The molecule has 1 fully saturated rings. The zero-order chi connectivity index (χ0) is 12.3. The van der Waals surface area contributed by atoms with Crippen LogP contribution in [0.4, 0.5) is 0 Å². The molecule has 1 aromatic rings. The molecule has 17 heavy (non-hydrogen) atoms. The van der Waals surface area contributed by atoms with E-state index < -0.39 is 0 Å². The van der Waals surface area contributed by atoms with Gasteiger partial charge in [0.1, 0.15) is 0 Å². The van der Waals surface area contributed by atoms with Crippen molar-refractivity contribution in [3.8, 4) is 0 Å². The monoisotopic (exact) mass is 235 g/mol. The second-order valence-electron chi connectivity index (χ2n) is 5.67. The van der Waals surface area contributed by atoms with Crippen LogP contribution in [0.25, 0.3) is 0 Å². The predicted molar refractivity (Wildman–Crippen MR) is 70.9 cm³/mol. The van der Waals surface area contributed by atoms with Crippen LogP contribution >= 0.6 is 0 Å². The number of hydrogen-bond donors (Lipinski definition) is 1. The first-order valence-corrected chi connectivity index (χ1v) is 6.96. The molecular weight excluding hydrogens is 210 g/mol. The van der Waals surface area contributed by atoms with E-state index in [4.69, 9.17) is 5.73 Å². The van der Waals surface area contributed by atoms with Crippen LogP contribution in [0.2, 0.25) is 0 Å². The molecule has 1 saturated carbocycles. The van der Waals surface area contributed by atoms with Gasteiger partial charge in [-0.3, -0.25) is 4.68 Å². The third-order valence-corrected chi connectivity index (χ3v) is 3.95. The van der Waals surface area contributed by atoms with E-state index in [1.165, 1.54) is 31.4 Å². The maximum absolute atomic E-state index is 6.06. The highest BCUT2D eigenvalue weighted by atomic mass is 15.3. The van der Waals surface area contributed by atoms with Crippen molar-refractivity contribution < 1.29 is 0 Å². The van der Waals surface area contributed by atoms with Gasteiger partial charge in [-0.1, -0.05) is 26.7 Å². The summed E-state index contributed by atoms with van der Waals surface area (Å²) in [6.07, 6.45) is 9.51. The molecule has 1 aliphatic carbocycles. The van der Waals surface area contributed by atoms with Crippen LogP contribution < -0.4 is 5.73 Å². The minimum Gasteiger partial charge on any atom is -0.327 e. The third-order valence-electron chi connectivity index (χ3n) is 3.95. The highest BCUT2D eigenvalue weighted by Gasteiger charge is 2.17. The van der Waals surface area contributed by atoms with Crippen molar-refractivity contribution in [3.05, 3.63) is 18.0 Å². The van der Waals surface area contributed by atoms with Crippen molar-refractivity contribution in [2.45, 2.75) is 64.5 Å². The zero-order valence-corrected chi connectivity index (χ0v) is 11.1. The lowest BCUT2D eigenvalue weighted by atomic mass is 10.00. The lowest BCUT2D eigenvalue weighted by Crippen LogP contribution is -2.26. The normalized spacial score (nSPS) is 19.1. The van der Waals surface area contributed by atoms with Gasteiger partial charge in [-0.2, -0.15) is 5.10 Å². The molecule has 3 heteroatoms. The molecule has 0 bridgehead atoms. The minimum absolute atomic E-state index is 0.298. The van der Waals surface area contributed by atoms with Gasteiger partial charge >= 0.3 is 0 Å². The molecule has 2 N–H and O–H groups in total. The second-order valence-corrected chi connectivity index (χ2v) is 5.67. The summed E-state index contributed by atoms with van der Waals surface area (Å²) in [4.78, 5) is 0. The van der Waals surface area contributed by atoms with E-state index in [1.807, 2.05) is 0 Å². The zero-order valence-electron chi connectivity index (χ0n) is 11.1. The van der Waals surface area contributed by atoms with Crippen molar-refractivity contribution in [3.63, 3.8) is 0 Å². The van der Waals surface area contributed by atoms with Gasteiger partial charge < -0.3 is 5.73 Å². The van der Waals surface area contributed by atoms with E-state index in [0.717, 1.165) is 12.8 Å². The fourth-order valence-corrected chi connectivity index (χ4v) is 2.53. The van der Waals surface area contributed by atoms with Crippen LogP contribution in [0.15, 0.2) is 12.3 Å². The van der Waals surface area contributed by atoms with Crippen molar-refractivity contribution in [1.82, 2.24) is 9.78 Å². The number of hydrogen-bond acceptors (Lipinski definition) is 2. The van der Waals surface area contributed by atoms with Crippen molar-refractivity contribution >= 4 is 0 Å². The molecule has 0 aromatic carbocycles. The summed E-state index contributed by atoms with van der Waals surface area (Å²) in [5, 5.41) is 4.68. The van der Waals surface area contributed by atoms with Crippen LogP contribution in [-0.2, 0) is 6.42 Å². The van der Waals surface area contributed by atoms with Gasteiger partial charge in [-0.15, -0.1) is 0 Å². The molecule has 96 valence electrons. The molecule has 1 heterocycles.